The highest BCUT2D eigenvalue weighted by molar-refractivity contribution is 5.49. The number of nitrogens with one attached hydrogen (secondary N) is 1. The Morgan fingerprint density at radius 1 is 1.19 bits per heavy atom. The summed E-state index contributed by atoms with van der Waals surface area (Å²) >= 11 is 0. The minimum absolute atomic E-state index is 0.252. The number of hydrogen-bond donors (Lipinski definition) is 1. The van der Waals surface area contributed by atoms with Crippen LogP contribution < -0.4 is 10.1 Å². The van der Waals surface area contributed by atoms with Crippen molar-refractivity contribution in [3.05, 3.63) is 24.0 Å². The lowest BCUT2D eigenvalue weighted by Crippen LogP contribution is -2.22. The number of rotatable bonds is 3. The first-order valence-electron chi connectivity index (χ1n) is 5.89. The van der Waals surface area contributed by atoms with Crippen molar-refractivity contribution in [2.24, 2.45) is 0 Å². The molecular weight excluding hydrogens is 205 g/mol. The molecule has 0 amide bonds. The number of benzene rings is 1. The monoisotopic (exact) mass is 223 g/mol. The van der Waals surface area contributed by atoms with Gasteiger partial charge in [-0.25, -0.2) is 4.39 Å². The smallest absolute Gasteiger partial charge is 0.128 e. The van der Waals surface area contributed by atoms with Crippen molar-refractivity contribution in [3.8, 4) is 5.75 Å². The van der Waals surface area contributed by atoms with Crippen molar-refractivity contribution >= 4 is 5.69 Å². The third-order valence-corrected chi connectivity index (χ3v) is 3.08. The highest BCUT2D eigenvalue weighted by Gasteiger charge is 2.13. The maximum Gasteiger partial charge on any atom is 0.128 e. The Morgan fingerprint density at radius 3 is 2.62 bits per heavy atom. The zero-order valence-corrected chi connectivity index (χ0v) is 9.63. The Labute approximate surface area is 95.8 Å². The lowest BCUT2D eigenvalue weighted by Gasteiger charge is -2.24. The van der Waals surface area contributed by atoms with Gasteiger partial charge in [0.2, 0.25) is 0 Å². The summed E-state index contributed by atoms with van der Waals surface area (Å²) < 4.78 is 18.3. The van der Waals surface area contributed by atoms with Crippen molar-refractivity contribution in [2.45, 2.75) is 38.1 Å². The van der Waals surface area contributed by atoms with Gasteiger partial charge in [-0.05, 0) is 18.9 Å². The molecule has 0 unspecified atom stereocenters. The van der Waals surface area contributed by atoms with Crippen LogP contribution in [0.1, 0.15) is 32.1 Å². The lowest BCUT2D eigenvalue weighted by molar-refractivity contribution is 0.411. The van der Waals surface area contributed by atoms with Crippen LogP contribution in [0.5, 0.6) is 5.75 Å². The summed E-state index contributed by atoms with van der Waals surface area (Å²) in [7, 11) is 1.55. The summed E-state index contributed by atoms with van der Waals surface area (Å²) in [6, 6.07) is 5.25. The highest BCUT2D eigenvalue weighted by atomic mass is 19.1. The average Bonchev–Trinajstić information content (AvgIpc) is 2.29. The molecule has 1 saturated carbocycles. The lowest BCUT2D eigenvalue weighted by atomic mass is 9.95. The van der Waals surface area contributed by atoms with Crippen molar-refractivity contribution in [1.82, 2.24) is 0 Å². The molecule has 0 bridgehead atoms. The van der Waals surface area contributed by atoms with Gasteiger partial charge in [-0.3, -0.25) is 0 Å². The standard InChI is InChI=1S/C13H18FNO/c1-16-13-8-10(14)7-12(9-13)15-11-5-3-2-4-6-11/h7-9,11,15H,2-6H2,1H3. The second-order valence-corrected chi connectivity index (χ2v) is 4.36. The predicted octanol–water partition coefficient (Wildman–Crippen LogP) is 3.58. The van der Waals surface area contributed by atoms with Gasteiger partial charge in [-0.1, -0.05) is 19.3 Å². The fraction of sp³-hybridized carbons (Fsp3) is 0.538. The number of halogens is 1. The number of hydrogen-bond acceptors (Lipinski definition) is 2. The summed E-state index contributed by atoms with van der Waals surface area (Å²) in [6.45, 7) is 0. The van der Waals surface area contributed by atoms with E-state index < -0.39 is 0 Å². The molecule has 88 valence electrons. The molecule has 0 aliphatic heterocycles. The second kappa shape index (κ2) is 5.19. The molecule has 0 aromatic heterocycles. The molecule has 2 nitrogen and oxygen atoms in total. The van der Waals surface area contributed by atoms with Crippen LogP contribution in [-0.2, 0) is 0 Å². The first-order chi connectivity index (χ1) is 7.78. The van der Waals surface area contributed by atoms with Gasteiger partial charge in [0, 0.05) is 23.9 Å². The normalized spacial score (nSPS) is 17.1. The van der Waals surface area contributed by atoms with Gasteiger partial charge in [0.25, 0.3) is 0 Å². The fourth-order valence-electron chi connectivity index (χ4n) is 2.25. The SMILES string of the molecule is COc1cc(F)cc(NC2CCCCC2)c1. The van der Waals surface area contributed by atoms with E-state index in [-0.39, 0.29) is 5.82 Å². The Hall–Kier alpha value is -1.25. The van der Waals surface area contributed by atoms with Gasteiger partial charge < -0.3 is 10.1 Å². The van der Waals surface area contributed by atoms with Crippen LogP contribution in [-0.4, -0.2) is 13.2 Å². The minimum Gasteiger partial charge on any atom is -0.497 e. The van der Waals surface area contributed by atoms with Crippen LogP contribution in [0.25, 0.3) is 0 Å². The topological polar surface area (TPSA) is 21.3 Å². The maximum atomic E-state index is 13.2. The van der Waals surface area contributed by atoms with E-state index in [1.54, 1.807) is 7.11 Å². The van der Waals surface area contributed by atoms with Crippen LogP contribution in [0.15, 0.2) is 18.2 Å². The Morgan fingerprint density at radius 2 is 1.94 bits per heavy atom. The number of methoxy groups -OCH3 is 1. The van der Waals surface area contributed by atoms with Crippen molar-refractivity contribution in [2.75, 3.05) is 12.4 Å². The molecule has 0 atom stereocenters. The highest BCUT2D eigenvalue weighted by Crippen LogP contribution is 2.24. The summed E-state index contributed by atoms with van der Waals surface area (Å²) in [5, 5.41) is 3.38. The fourth-order valence-corrected chi connectivity index (χ4v) is 2.25. The Balaban J connectivity index is 2.04. The van der Waals surface area contributed by atoms with E-state index in [0.717, 1.165) is 5.69 Å². The van der Waals surface area contributed by atoms with E-state index in [4.69, 9.17) is 4.74 Å². The van der Waals surface area contributed by atoms with E-state index in [1.165, 1.54) is 44.2 Å². The zero-order chi connectivity index (χ0) is 11.4. The van der Waals surface area contributed by atoms with E-state index >= 15 is 0 Å². The van der Waals surface area contributed by atoms with Crippen LogP contribution in [0.2, 0.25) is 0 Å². The van der Waals surface area contributed by atoms with Crippen LogP contribution in [0.3, 0.4) is 0 Å². The molecule has 1 N–H and O–H groups in total. The summed E-state index contributed by atoms with van der Waals surface area (Å²) in [6.07, 6.45) is 6.22. The van der Waals surface area contributed by atoms with Crippen LogP contribution in [0.4, 0.5) is 10.1 Å². The molecular formula is C13H18FNO. The van der Waals surface area contributed by atoms with Crippen molar-refractivity contribution < 1.29 is 9.13 Å². The molecule has 1 fully saturated rings. The van der Waals surface area contributed by atoms with Crippen LogP contribution in [0, 0.1) is 5.82 Å². The maximum absolute atomic E-state index is 13.2. The molecule has 0 radical (unpaired) electrons. The first kappa shape index (κ1) is 11.2. The van der Waals surface area contributed by atoms with Gasteiger partial charge in [0.15, 0.2) is 0 Å². The average molecular weight is 223 g/mol. The van der Waals surface area contributed by atoms with Crippen molar-refractivity contribution in [1.29, 1.82) is 0 Å². The molecule has 2 rings (SSSR count). The molecule has 3 heteroatoms. The molecule has 1 aliphatic carbocycles. The first-order valence-corrected chi connectivity index (χ1v) is 5.89. The van der Waals surface area contributed by atoms with E-state index in [0.29, 0.717) is 11.8 Å². The largest absolute Gasteiger partial charge is 0.497 e. The molecule has 0 heterocycles. The van der Waals surface area contributed by atoms with E-state index in [9.17, 15) is 4.39 Å². The Bertz CT molecular complexity index is 348. The molecule has 1 aromatic rings. The van der Waals surface area contributed by atoms with Gasteiger partial charge >= 0.3 is 0 Å². The third-order valence-electron chi connectivity index (χ3n) is 3.08. The second-order valence-electron chi connectivity index (χ2n) is 4.36. The Kier molecular flexibility index (Phi) is 3.65. The molecule has 1 aromatic carbocycles. The minimum atomic E-state index is -0.252. The van der Waals surface area contributed by atoms with Gasteiger partial charge in [0.1, 0.15) is 11.6 Å². The van der Waals surface area contributed by atoms with E-state index in [1.807, 2.05) is 6.07 Å². The third kappa shape index (κ3) is 2.87. The van der Waals surface area contributed by atoms with Gasteiger partial charge in [0.05, 0.1) is 7.11 Å². The predicted molar refractivity (Wildman–Crippen MR) is 63.4 cm³/mol. The molecule has 0 saturated heterocycles. The summed E-state index contributed by atoms with van der Waals surface area (Å²) in [5.74, 6) is 0.316. The van der Waals surface area contributed by atoms with Crippen LogP contribution >= 0.6 is 0 Å². The molecule has 16 heavy (non-hydrogen) atoms. The van der Waals surface area contributed by atoms with Gasteiger partial charge in [-0.15, -0.1) is 0 Å². The number of anilines is 1. The zero-order valence-electron chi connectivity index (χ0n) is 9.63. The molecule has 0 spiro atoms. The van der Waals surface area contributed by atoms with Gasteiger partial charge in [-0.2, -0.15) is 0 Å². The number of ether oxygens (including phenoxy) is 1. The summed E-state index contributed by atoms with van der Waals surface area (Å²) in [4.78, 5) is 0. The molecule has 1 aliphatic rings. The van der Waals surface area contributed by atoms with E-state index in [2.05, 4.69) is 5.32 Å². The van der Waals surface area contributed by atoms with Crippen molar-refractivity contribution in [3.63, 3.8) is 0 Å². The quantitative estimate of drug-likeness (QED) is 0.845. The summed E-state index contributed by atoms with van der Waals surface area (Å²) in [5.41, 5.74) is 0.823.